The number of hydrogen-bond donors (Lipinski definition) is 2. The summed E-state index contributed by atoms with van der Waals surface area (Å²) in [6, 6.07) is -0.00154. The van der Waals surface area contributed by atoms with Crippen molar-refractivity contribution in [1.82, 2.24) is 5.32 Å². The molecule has 1 N–H and O–H groups in total. The van der Waals surface area contributed by atoms with Gasteiger partial charge in [-0.2, -0.15) is 12.6 Å². The summed E-state index contributed by atoms with van der Waals surface area (Å²) in [6.07, 6.45) is 1.93. The highest BCUT2D eigenvalue weighted by molar-refractivity contribution is 7.81. The molecule has 0 radical (unpaired) electrons. The van der Waals surface area contributed by atoms with Crippen molar-refractivity contribution >= 4 is 18.9 Å². The fraction of sp³-hybridized carbons (Fsp3) is 0.800. The molecule has 2 nitrogen and oxygen atoms in total. The number of carbonyl (C=O) groups is 1. The van der Waals surface area contributed by atoms with E-state index in [1.54, 1.807) is 0 Å². The first-order valence-corrected chi connectivity index (χ1v) is 3.23. The van der Waals surface area contributed by atoms with Gasteiger partial charge >= 0.3 is 0 Å². The smallest absolute Gasteiger partial charge is 0.138 e. The Balaban J connectivity index is 2.41. The van der Waals surface area contributed by atoms with Crippen molar-refractivity contribution in [3.05, 3.63) is 0 Å². The van der Waals surface area contributed by atoms with Crippen LogP contribution in [0, 0.1) is 0 Å². The lowest BCUT2D eigenvalue weighted by atomic mass is 10.2. The summed E-state index contributed by atoms with van der Waals surface area (Å²) in [5.41, 5.74) is 0. The van der Waals surface area contributed by atoms with Gasteiger partial charge in [0.1, 0.15) is 6.29 Å². The minimum absolute atomic E-state index is 0.00154. The predicted octanol–water partition coefficient (Wildman–Crippen LogP) is -0.154. The average Bonchev–Trinajstić information content (AvgIpc) is 2.14. The third kappa shape index (κ3) is 1.03. The first-order valence-electron chi connectivity index (χ1n) is 2.71. The van der Waals surface area contributed by atoms with Crippen LogP contribution in [0.2, 0.25) is 0 Å². The van der Waals surface area contributed by atoms with Crippen LogP contribution in [-0.2, 0) is 4.79 Å². The summed E-state index contributed by atoms with van der Waals surface area (Å²) in [6.45, 7) is 0.928. The first kappa shape index (κ1) is 6.11. The highest BCUT2D eigenvalue weighted by atomic mass is 32.1. The second-order valence-corrected chi connectivity index (χ2v) is 2.64. The van der Waals surface area contributed by atoms with Gasteiger partial charge in [-0.15, -0.1) is 0 Å². The van der Waals surface area contributed by atoms with Crippen molar-refractivity contribution in [3.8, 4) is 0 Å². The zero-order valence-corrected chi connectivity index (χ0v) is 5.40. The average molecular weight is 131 g/mol. The Morgan fingerprint density at radius 1 is 1.75 bits per heavy atom. The molecule has 1 aliphatic heterocycles. The predicted molar refractivity (Wildman–Crippen MR) is 35.2 cm³/mol. The van der Waals surface area contributed by atoms with Crippen molar-refractivity contribution in [3.63, 3.8) is 0 Å². The number of hydrogen-bond acceptors (Lipinski definition) is 3. The topological polar surface area (TPSA) is 29.1 Å². The van der Waals surface area contributed by atoms with Crippen LogP contribution >= 0.6 is 12.6 Å². The van der Waals surface area contributed by atoms with E-state index in [0.29, 0.717) is 0 Å². The molecule has 1 rings (SSSR count). The first-order chi connectivity index (χ1) is 3.84. The Labute approximate surface area is 54.1 Å². The molecule has 0 amide bonds. The molecule has 1 saturated heterocycles. The Morgan fingerprint density at radius 3 is 2.75 bits per heavy atom. The van der Waals surface area contributed by atoms with Crippen LogP contribution in [0.4, 0.5) is 0 Å². The number of aldehydes is 1. The zero-order chi connectivity index (χ0) is 5.98. The van der Waals surface area contributed by atoms with E-state index in [4.69, 9.17) is 0 Å². The van der Waals surface area contributed by atoms with Crippen LogP contribution in [0.15, 0.2) is 0 Å². The fourth-order valence-electron chi connectivity index (χ4n) is 0.852. The maximum atomic E-state index is 10.1. The van der Waals surface area contributed by atoms with Gasteiger partial charge in [-0.05, 0) is 13.0 Å². The molecule has 0 bridgehead atoms. The van der Waals surface area contributed by atoms with Crippen LogP contribution in [0.3, 0.4) is 0 Å². The van der Waals surface area contributed by atoms with E-state index < -0.39 is 0 Å². The molecule has 1 fully saturated rings. The highest BCUT2D eigenvalue weighted by Crippen LogP contribution is 2.10. The van der Waals surface area contributed by atoms with Crippen LogP contribution in [0.1, 0.15) is 6.42 Å². The van der Waals surface area contributed by atoms with Gasteiger partial charge in [0.05, 0.1) is 6.04 Å². The SMILES string of the molecule is O=CC1NCCC1S. The van der Waals surface area contributed by atoms with Crippen molar-refractivity contribution in [1.29, 1.82) is 0 Å². The maximum Gasteiger partial charge on any atom is 0.138 e. The molecule has 2 atom stereocenters. The van der Waals surface area contributed by atoms with Crippen molar-refractivity contribution in [2.45, 2.75) is 17.7 Å². The van der Waals surface area contributed by atoms with E-state index in [1.807, 2.05) is 0 Å². The summed E-state index contributed by atoms with van der Waals surface area (Å²) >= 11 is 4.17. The van der Waals surface area contributed by atoms with Crippen molar-refractivity contribution in [2.75, 3.05) is 6.54 Å². The number of thiol groups is 1. The summed E-state index contributed by atoms with van der Waals surface area (Å²) in [5.74, 6) is 0. The summed E-state index contributed by atoms with van der Waals surface area (Å²) < 4.78 is 0. The van der Waals surface area contributed by atoms with E-state index in [-0.39, 0.29) is 11.3 Å². The summed E-state index contributed by atoms with van der Waals surface area (Å²) in [5, 5.41) is 3.25. The molecule has 2 unspecified atom stereocenters. The lowest BCUT2D eigenvalue weighted by molar-refractivity contribution is -0.109. The summed E-state index contributed by atoms with van der Waals surface area (Å²) in [4.78, 5) is 10.1. The monoisotopic (exact) mass is 131 g/mol. The molecule has 3 heteroatoms. The van der Waals surface area contributed by atoms with Crippen LogP contribution < -0.4 is 5.32 Å². The largest absolute Gasteiger partial charge is 0.307 e. The minimum atomic E-state index is -0.00154. The molecule has 1 aliphatic rings. The Hall–Kier alpha value is -0.0200. The number of rotatable bonds is 1. The molecule has 46 valence electrons. The maximum absolute atomic E-state index is 10.1. The molecule has 0 spiro atoms. The molecule has 0 aromatic rings. The van der Waals surface area contributed by atoms with E-state index >= 15 is 0 Å². The Kier molecular flexibility index (Phi) is 1.91. The van der Waals surface area contributed by atoms with Gasteiger partial charge in [0.2, 0.25) is 0 Å². The van der Waals surface area contributed by atoms with Gasteiger partial charge in [-0.25, -0.2) is 0 Å². The second-order valence-electron chi connectivity index (χ2n) is 1.97. The second kappa shape index (κ2) is 2.51. The van der Waals surface area contributed by atoms with E-state index in [1.165, 1.54) is 0 Å². The van der Waals surface area contributed by atoms with Crippen LogP contribution in [0.5, 0.6) is 0 Å². The number of carbonyl (C=O) groups excluding carboxylic acids is 1. The molecule has 1 heterocycles. The fourth-order valence-corrected chi connectivity index (χ4v) is 1.16. The molecular weight excluding hydrogens is 122 g/mol. The third-order valence-corrected chi connectivity index (χ3v) is 1.96. The van der Waals surface area contributed by atoms with Gasteiger partial charge in [0, 0.05) is 5.25 Å². The molecule has 0 saturated carbocycles. The number of nitrogens with one attached hydrogen (secondary N) is 1. The quantitative estimate of drug-likeness (QED) is 0.382. The molecular formula is C5H9NOS. The minimum Gasteiger partial charge on any atom is -0.307 e. The highest BCUT2D eigenvalue weighted by Gasteiger charge is 2.21. The lowest BCUT2D eigenvalue weighted by Crippen LogP contribution is -2.28. The Morgan fingerprint density at radius 2 is 2.50 bits per heavy atom. The van der Waals surface area contributed by atoms with Gasteiger partial charge in [-0.3, -0.25) is 0 Å². The van der Waals surface area contributed by atoms with E-state index in [0.717, 1.165) is 19.3 Å². The molecule has 0 aliphatic carbocycles. The van der Waals surface area contributed by atoms with Crippen LogP contribution in [-0.4, -0.2) is 24.1 Å². The standard InChI is InChI=1S/C5H9NOS/c7-3-4-5(8)1-2-6-4/h3-6,8H,1-2H2. The van der Waals surface area contributed by atoms with E-state index in [2.05, 4.69) is 17.9 Å². The van der Waals surface area contributed by atoms with Crippen molar-refractivity contribution in [2.24, 2.45) is 0 Å². The van der Waals surface area contributed by atoms with Gasteiger partial charge < -0.3 is 10.1 Å². The molecule has 0 aromatic carbocycles. The third-order valence-electron chi connectivity index (χ3n) is 1.38. The summed E-state index contributed by atoms with van der Waals surface area (Å²) in [7, 11) is 0. The zero-order valence-electron chi connectivity index (χ0n) is 4.50. The Bertz CT molecular complexity index is 96.4. The normalized spacial score (nSPS) is 37.6. The molecule has 8 heavy (non-hydrogen) atoms. The van der Waals surface area contributed by atoms with Gasteiger partial charge in [0.15, 0.2) is 0 Å². The molecule has 0 aromatic heterocycles. The van der Waals surface area contributed by atoms with E-state index in [9.17, 15) is 4.79 Å². The van der Waals surface area contributed by atoms with Crippen LogP contribution in [0.25, 0.3) is 0 Å². The van der Waals surface area contributed by atoms with Gasteiger partial charge in [0.25, 0.3) is 0 Å². The van der Waals surface area contributed by atoms with Crippen molar-refractivity contribution < 1.29 is 4.79 Å². The lowest BCUT2D eigenvalue weighted by Gasteiger charge is -2.03. The van der Waals surface area contributed by atoms with Gasteiger partial charge in [-0.1, -0.05) is 0 Å².